The van der Waals surface area contributed by atoms with Gasteiger partial charge in [-0.15, -0.1) is 0 Å². The number of rotatable bonds is 8. The molecule has 2 rings (SSSR count). The van der Waals surface area contributed by atoms with E-state index >= 15 is 0 Å². The van der Waals surface area contributed by atoms with Crippen molar-refractivity contribution in [2.75, 3.05) is 7.11 Å². The minimum absolute atomic E-state index is 0.0700. The SMILES string of the molecule is CCC(NS(=O)(=O)c1ccc(OC)cc1)C(=O)NCc1ccco1. The molecule has 1 atom stereocenters. The fourth-order valence-corrected chi connectivity index (χ4v) is 3.32. The Hall–Kier alpha value is -2.32. The molecule has 1 aromatic carbocycles. The first kappa shape index (κ1) is 18.0. The lowest BCUT2D eigenvalue weighted by molar-refractivity contribution is -0.123. The molecule has 130 valence electrons. The Kier molecular flexibility index (Phi) is 5.99. The minimum atomic E-state index is -3.80. The van der Waals surface area contributed by atoms with Gasteiger partial charge in [-0.3, -0.25) is 4.79 Å². The van der Waals surface area contributed by atoms with Crippen molar-refractivity contribution in [1.29, 1.82) is 0 Å². The van der Waals surface area contributed by atoms with Crippen LogP contribution >= 0.6 is 0 Å². The maximum absolute atomic E-state index is 12.4. The van der Waals surface area contributed by atoms with E-state index in [1.165, 1.54) is 25.5 Å². The van der Waals surface area contributed by atoms with Gasteiger partial charge in [0, 0.05) is 0 Å². The van der Waals surface area contributed by atoms with E-state index in [4.69, 9.17) is 9.15 Å². The monoisotopic (exact) mass is 352 g/mol. The van der Waals surface area contributed by atoms with Crippen LogP contribution in [0.25, 0.3) is 0 Å². The number of benzene rings is 1. The normalized spacial score (nSPS) is 12.6. The van der Waals surface area contributed by atoms with Crippen molar-refractivity contribution in [3.8, 4) is 5.75 Å². The van der Waals surface area contributed by atoms with Crippen LogP contribution in [-0.4, -0.2) is 27.5 Å². The maximum Gasteiger partial charge on any atom is 0.241 e. The van der Waals surface area contributed by atoms with Gasteiger partial charge in [-0.05, 0) is 42.8 Å². The lowest BCUT2D eigenvalue weighted by Gasteiger charge is -2.16. The van der Waals surface area contributed by atoms with Crippen molar-refractivity contribution in [3.63, 3.8) is 0 Å². The van der Waals surface area contributed by atoms with Crippen LogP contribution in [0.5, 0.6) is 5.75 Å². The lowest BCUT2D eigenvalue weighted by Crippen LogP contribution is -2.46. The summed E-state index contributed by atoms with van der Waals surface area (Å²) in [6.45, 7) is 1.93. The second-order valence-electron chi connectivity index (χ2n) is 5.05. The highest BCUT2D eigenvalue weighted by Gasteiger charge is 2.24. The molecule has 1 heterocycles. The Balaban J connectivity index is 2.02. The summed E-state index contributed by atoms with van der Waals surface area (Å²) in [5, 5.41) is 2.65. The zero-order chi connectivity index (χ0) is 17.6. The zero-order valence-corrected chi connectivity index (χ0v) is 14.3. The topological polar surface area (TPSA) is 97.6 Å². The van der Waals surface area contributed by atoms with Crippen LogP contribution in [-0.2, 0) is 21.4 Å². The quantitative estimate of drug-likeness (QED) is 0.753. The van der Waals surface area contributed by atoms with Gasteiger partial charge < -0.3 is 14.5 Å². The molecule has 0 fully saturated rings. The second-order valence-corrected chi connectivity index (χ2v) is 6.77. The zero-order valence-electron chi connectivity index (χ0n) is 13.5. The van der Waals surface area contributed by atoms with Crippen molar-refractivity contribution < 1.29 is 22.4 Å². The summed E-state index contributed by atoms with van der Waals surface area (Å²) in [4.78, 5) is 12.2. The van der Waals surface area contributed by atoms with Crippen LogP contribution in [0, 0.1) is 0 Å². The van der Waals surface area contributed by atoms with Gasteiger partial charge >= 0.3 is 0 Å². The number of amides is 1. The number of sulfonamides is 1. The van der Waals surface area contributed by atoms with E-state index in [9.17, 15) is 13.2 Å². The van der Waals surface area contributed by atoms with Gasteiger partial charge in [-0.2, -0.15) is 4.72 Å². The summed E-state index contributed by atoms with van der Waals surface area (Å²) in [5.74, 6) is 0.736. The van der Waals surface area contributed by atoms with E-state index in [0.717, 1.165) is 0 Å². The molecule has 1 unspecified atom stereocenters. The molecular formula is C16H20N2O5S. The van der Waals surface area contributed by atoms with Gasteiger partial charge in [0.25, 0.3) is 0 Å². The van der Waals surface area contributed by atoms with Crippen LogP contribution in [0.3, 0.4) is 0 Å². The molecule has 0 saturated carbocycles. The molecule has 0 spiro atoms. The van der Waals surface area contributed by atoms with Crippen LogP contribution in [0.4, 0.5) is 0 Å². The molecule has 0 radical (unpaired) electrons. The molecule has 0 aliphatic rings. The van der Waals surface area contributed by atoms with Crippen molar-refractivity contribution in [3.05, 3.63) is 48.4 Å². The third-order valence-electron chi connectivity index (χ3n) is 3.41. The molecule has 0 aliphatic heterocycles. The van der Waals surface area contributed by atoms with E-state index in [1.54, 1.807) is 31.2 Å². The van der Waals surface area contributed by atoms with Gasteiger partial charge in [0.2, 0.25) is 15.9 Å². The number of methoxy groups -OCH3 is 1. The van der Waals surface area contributed by atoms with E-state index < -0.39 is 22.0 Å². The summed E-state index contributed by atoms with van der Waals surface area (Å²) >= 11 is 0. The molecule has 7 nitrogen and oxygen atoms in total. The Morgan fingerprint density at radius 3 is 2.50 bits per heavy atom. The molecule has 0 bridgehead atoms. The first-order valence-electron chi connectivity index (χ1n) is 7.42. The fourth-order valence-electron chi connectivity index (χ4n) is 2.04. The van der Waals surface area contributed by atoms with E-state index in [2.05, 4.69) is 10.0 Å². The molecule has 2 N–H and O–H groups in total. The summed E-state index contributed by atoms with van der Waals surface area (Å²) in [6.07, 6.45) is 1.82. The van der Waals surface area contributed by atoms with Gasteiger partial charge in [-0.25, -0.2) is 8.42 Å². The van der Waals surface area contributed by atoms with Crippen LogP contribution in [0.15, 0.2) is 52.0 Å². The van der Waals surface area contributed by atoms with E-state index in [-0.39, 0.29) is 11.4 Å². The molecule has 1 aromatic heterocycles. The summed E-state index contributed by atoms with van der Waals surface area (Å²) in [6, 6.07) is 8.52. The molecule has 24 heavy (non-hydrogen) atoms. The number of hydrogen-bond donors (Lipinski definition) is 2. The molecule has 0 saturated heterocycles. The Labute approximate surface area is 141 Å². The molecule has 8 heteroatoms. The highest BCUT2D eigenvalue weighted by Crippen LogP contribution is 2.16. The third kappa shape index (κ3) is 4.59. The minimum Gasteiger partial charge on any atom is -0.497 e. The fraction of sp³-hybridized carbons (Fsp3) is 0.312. The molecule has 1 amide bonds. The number of nitrogens with one attached hydrogen (secondary N) is 2. The van der Waals surface area contributed by atoms with Gasteiger partial charge in [0.15, 0.2) is 0 Å². The summed E-state index contributed by atoms with van der Waals surface area (Å²) in [5.41, 5.74) is 0. The van der Waals surface area contributed by atoms with Crippen molar-refractivity contribution in [1.82, 2.24) is 10.0 Å². The largest absolute Gasteiger partial charge is 0.497 e. The average molecular weight is 352 g/mol. The van der Waals surface area contributed by atoms with Crippen molar-refractivity contribution in [2.45, 2.75) is 30.8 Å². The van der Waals surface area contributed by atoms with Crippen molar-refractivity contribution in [2.24, 2.45) is 0 Å². The number of hydrogen-bond acceptors (Lipinski definition) is 5. The first-order chi connectivity index (χ1) is 11.5. The van der Waals surface area contributed by atoms with Gasteiger partial charge in [0.05, 0.1) is 24.8 Å². The highest BCUT2D eigenvalue weighted by atomic mass is 32.2. The predicted molar refractivity (Wildman–Crippen MR) is 87.9 cm³/mol. The summed E-state index contributed by atoms with van der Waals surface area (Å²) < 4.78 is 37.3. The third-order valence-corrected chi connectivity index (χ3v) is 4.90. The average Bonchev–Trinajstić information content (AvgIpc) is 3.11. The Bertz CT molecular complexity index is 754. The number of carbonyl (C=O) groups excluding carboxylic acids is 1. The molecule has 2 aromatic rings. The number of furan rings is 1. The summed E-state index contributed by atoms with van der Waals surface area (Å²) in [7, 11) is -2.31. The predicted octanol–water partition coefficient (Wildman–Crippen LogP) is 1.66. The smallest absolute Gasteiger partial charge is 0.241 e. The maximum atomic E-state index is 12.4. The van der Waals surface area contributed by atoms with Gasteiger partial charge in [-0.1, -0.05) is 6.92 Å². The second kappa shape index (κ2) is 7.98. The van der Waals surface area contributed by atoms with E-state index in [0.29, 0.717) is 17.9 Å². The highest BCUT2D eigenvalue weighted by molar-refractivity contribution is 7.89. The Morgan fingerprint density at radius 1 is 1.25 bits per heavy atom. The molecule has 0 aliphatic carbocycles. The van der Waals surface area contributed by atoms with Crippen LogP contribution < -0.4 is 14.8 Å². The molecular weight excluding hydrogens is 332 g/mol. The van der Waals surface area contributed by atoms with E-state index in [1.807, 2.05) is 0 Å². The number of carbonyl (C=O) groups is 1. The van der Waals surface area contributed by atoms with Gasteiger partial charge in [0.1, 0.15) is 17.6 Å². The first-order valence-corrected chi connectivity index (χ1v) is 8.91. The Morgan fingerprint density at radius 2 is 1.96 bits per heavy atom. The standard InChI is InChI=1S/C16H20N2O5S/c1-3-15(16(19)17-11-13-5-4-10-23-13)18-24(20,21)14-8-6-12(22-2)7-9-14/h4-10,15,18H,3,11H2,1-2H3,(H,17,19). The van der Waals surface area contributed by atoms with Crippen LogP contribution in [0.1, 0.15) is 19.1 Å². The van der Waals surface area contributed by atoms with Crippen molar-refractivity contribution >= 4 is 15.9 Å². The van der Waals surface area contributed by atoms with Crippen LogP contribution in [0.2, 0.25) is 0 Å². The number of ether oxygens (including phenoxy) is 1. The lowest BCUT2D eigenvalue weighted by atomic mass is 10.2.